The van der Waals surface area contributed by atoms with Gasteiger partial charge < -0.3 is 15.2 Å². The molecule has 0 aromatic heterocycles. The first-order chi connectivity index (χ1) is 14.0. The summed E-state index contributed by atoms with van der Waals surface area (Å²) < 4.78 is 81.9. The molecule has 0 saturated heterocycles. The second-order valence-corrected chi connectivity index (χ2v) is 5.27. The smallest absolute Gasteiger partial charge is 0.405 e. The van der Waals surface area contributed by atoms with E-state index < -0.39 is 24.2 Å². The molecule has 3 N–H and O–H groups in total. The number of nitrogens with zero attached hydrogens (tertiary/aromatic N) is 3. The van der Waals surface area contributed by atoms with Crippen LogP contribution in [-0.2, 0) is 0 Å². The molecule has 30 heavy (non-hydrogen) atoms. The summed E-state index contributed by atoms with van der Waals surface area (Å²) in [6.45, 7) is 0. The lowest BCUT2D eigenvalue weighted by Crippen LogP contribution is -2.26. The number of halogens is 6. The van der Waals surface area contributed by atoms with Crippen molar-refractivity contribution in [3.63, 3.8) is 0 Å². The number of nitrogens with two attached hydrogens (primary N) is 1. The third-order valence-electron chi connectivity index (χ3n) is 3.03. The zero-order valence-corrected chi connectivity index (χ0v) is 14.8. The number of guanidine groups is 1. The van der Waals surface area contributed by atoms with Crippen molar-refractivity contribution in [2.75, 3.05) is 0 Å². The molecule has 0 aliphatic rings. The molecule has 0 aliphatic heterocycles. The van der Waals surface area contributed by atoms with Gasteiger partial charge in [-0.3, -0.25) is 0 Å². The molecule has 0 fully saturated rings. The molecule has 0 spiro atoms. The fourth-order valence-electron chi connectivity index (χ4n) is 1.95. The van der Waals surface area contributed by atoms with Gasteiger partial charge in [0.05, 0.1) is 12.4 Å². The number of benzene rings is 2. The lowest BCUT2D eigenvalue weighted by atomic mass is 10.2. The first kappa shape index (κ1) is 22.5. The minimum absolute atomic E-state index is 0.00291. The minimum Gasteiger partial charge on any atom is -0.405 e. The van der Waals surface area contributed by atoms with Gasteiger partial charge in [-0.25, -0.2) is 5.43 Å². The van der Waals surface area contributed by atoms with Crippen molar-refractivity contribution in [3.05, 3.63) is 59.7 Å². The van der Waals surface area contributed by atoms with Gasteiger partial charge in [-0.1, -0.05) is 24.3 Å². The van der Waals surface area contributed by atoms with Crippen LogP contribution >= 0.6 is 0 Å². The summed E-state index contributed by atoms with van der Waals surface area (Å²) in [7, 11) is 0. The van der Waals surface area contributed by atoms with Crippen molar-refractivity contribution in [1.29, 1.82) is 0 Å². The van der Waals surface area contributed by atoms with Gasteiger partial charge in [0.15, 0.2) is 0 Å². The SMILES string of the molecule is NC(=N/N=C/c1ccccc1OC(F)(F)F)N/N=C/c1ccccc1OC(F)(F)F. The maximum atomic E-state index is 12.4. The van der Waals surface area contributed by atoms with E-state index in [0.717, 1.165) is 24.6 Å². The molecule has 13 heteroatoms. The zero-order valence-electron chi connectivity index (χ0n) is 14.8. The lowest BCUT2D eigenvalue weighted by Gasteiger charge is -2.10. The Morgan fingerprint density at radius 1 is 0.800 bits per heavy atom. The van der Waals surface area contributed by atoms with E-state index in [1.54, 1.807) is 0 Å². The van der Waals surface area contributed by atoms with E-state index in [1.165, 1.54) is 36.4 Å². The molecule has 2 rings (SSSR count). The Labute approximate surface area is 165 Å². The highest BCUT2D eigenvalue weighted by Crippen LogP contribution is 2.26. The number of alkyl halides is 6. The second-order valence-electron chi connectivity index (χ2n) is 5.27. The predicted octanol–water partition coefficient (Wildman–Crippen LogP) is 3.76. The van der Waals surface area contributed by atoms with Crippen molar-refractivity contribution in [3.8, 4) is 11.5 Å². The van der Waals surface area contributed by atoms with Gasteiger partial charge in [-0.05, 0) is 24.3 Å². The average molecular weight is 433 g/mol. The summed E-state index contributed by atoms with van der Waals surface area (Å²) in [6.07, 6.45) is -7.79. The normalized spacial score (nSPS) is 13.1. The first-order valence-corrected chi connectivity index (χ1v) is 7.88. The molecular formula is C17H13F6N5O2. The van der Waals surface area contributed by atoms with Crippen molar-refractivity contribution in [1.82, 2.24) is 5.43 Å². The fraction of sp³-hybridized carbons (Fsp3) is 0.118. The molecule has 0 heterocycles. The Morgan fingerprint density at radius 3 is 1.77 bits per heavy atom. The molecule has 0 saturated carbocycles. The molecule has 0 unspecified atom stereocenters. The summed E-state index contributed by atoms with van der Waals surface area (Å²) in [5.74, 6) is -1.36. The Morgan fingerprint density at radius 2 is 1.27 bits per heavy atom. The van der Waals surface area contributed by atoms with Crippen LogP contribution in [-0.4, -0.2) is 31.1 Å². The van der Waals surface area contributed by atoms with Crippen LogP contribution in [0.3, 0.4) is 0 Å². The van der Waals surface area contributed by atoms with E-state index in [2.05, 4.69) is 30.2 Å². The molecule has 0 bridgehead atoms. The van der Waals surface area contributed by atoms with Crippen LogP contribution < -0.4 is 20.6 Å². The predicted molar refractivity (Wildman–Crippen MR) is 96.2 cm³/mol. The van der Waals surface area contributed by atoms with Crippen molar-refractivity contribution >= 4 is 18.4 Å². The first-order valence-electron chi connectivity index (χ1n) is 7.88. The van der Waals surface area contributed by atoms with Crippen LogP contribution in [0.1, 0.15) is 11.1 Å². The van der Waals surface area contributed by atoms with E-state index >= 15 is 0 Å². The molecule has 7 nitrogen and oxygen atoms in total. The number of rotatable bonds is 6. The van der Waals surface area contributed by atoms with Gasteiger partial charge in [-0.15, -0.1) is 31.4 Å². The maximum Gasteiger partial charge on any atom is 0.573 e. The van der Waals surface area contributed by atoms with Crippen LogP contribution in [0.15, 0.2) is 63.8 Å². The Hall–Kier alpha value is -3.77. The highest BCUT2D eigenvalue weighted by molar-refractivity contribution is 5.86. The second kappa shape index (κ2) is 9.62. The molecule has 2 aromatic rings. The topological polar surface area (TPSA) is 93.6 Å². The largest absolute Gasteiger partial charge is 0.573 e. The van der Waals surface area contributed by atoms with E-state index in [-0.39, 0.29) is 17.1 Å². The van der Waals surface area contributed by atoms with Crippen molar-refractivity contribution in [2.24, 2.45) is 21.0 Å². The third kappa shape index (κ3) is 8.08. The van der Waals surface area contributed by atoms with E-state index in [0.29, 0.717) is 0 Å². The van der Waals surface area contributed by atoms with Gasteiger partial charge in [0, 0.05) is 11.1 Å². The molecule has 0 aliphatic carbocycles. The van der Waals surface area contributed by atoms with Crippen LogP contribution in [0.25, 0.3) is 0 Å². The van der Waals surface area contributed by atoms with E-state index in [9.17, 15) is 26.3 Å². The number of para-hydroxylation sites is 2. The quantitative estimate of drug-likeness (QED) is 0.314. The summed E-state index contributed by atoms with van der Waals surface area (Å²) in [6, 6.07) is 10.4. The maximum absolute atomic E-state index is 12.4. The van der Waals surface area contributed by atoms with Gasteiger partial charge in [0.1, 0.15) is 11.5 Å². The number of nitrogens with one attached hydrogen (secondary N) is 1. The van der Waals surface area contributed by atoms with Gasteiger partial charge >= 0.3 is 12.7 Å². The monoisotopic (exact) mass is 433 g/mol. The number of hydrogen-bond acceptors (Lipinski definition) is 5. The minimum atomic E-state index is -4.88. The van der Waals surface area contributed by atoms with Gasteiger partial charge in [0.25, 0.3) is 0 Å². The van der Waals surface area contributed by atoms with Crippen LogP contribution in [0.4, 0.5) is 26.3 Å². The number of hydrazone groups is 1. The lowest BCUT2D eigenvalue weighted by molar-refractivity contribution is -0.275. The number of ether oxygens (including phenoxy) is 2. The number of hydrogen-bond donors (Lipinski definition) is 2. The standard InChI is InChI=1S/C17H13F6N5O2/c18-16(19,20)29-13-7-3-1-5-11(13)9-25-27-15(24)28-26-10-12-6-2-4-8-14(12)30-17(21,22)23/h1-10H,(H3,24,27,28)/b25-9+,26-10+. The zero-order chi connectivity index (χ0) is 22.2. The summed E-state index contributed by atoms with van der Waals surface area (Å²) >= 11 is 0. The third-order valence-corrected chi connectivity index (χ3v) is 3.03. The van der Waals surface area contributed by atoms with E-state index in [4.69, 9.17) is 5.73 Å². The Balaban J connectivity index is 2.02. The molecule has 0 atom stereocenters. The van der Waals surface area contributed by atoms with Gasteiger partial charge in [0.2, 0.25) is 5.96 Å². The molecule has 160 valence electrons. The van der Waals surface area contributed by atoms with Crippen molar-refractivity contribution in [2.45, 2.75) is 12.7 Å². The van der Waals surface area contributed by atoms with E-state index in [1.807, 2.05) is 0 Å². The van der Waals surface area contributed by atoms with Crippen molar-refractivity contribution < 1.29 is 35.8 Å². The Kier molecular flexibility index (Phi) is 7.22. The van der Waals surface area contributed by atoms with Crippen LogP contribution in [0.5, 0.6) is 11.5 Å². The van der Waals surface area contributed by atoms with Crippen LogP contribution in [0, 0.1) is 0 Å². The summed E-state index contributed by atoms with van der Waals surface area (Å²) in [5, 5.41) is 10.6. The fourth-order valence-corrected chi connectivity index (χ4v) is 1.95. The van der Waals surface area contributed by atoms with Crippen LogP contribution in [0.2, 0.25) is 0 Å². The Bertz CT molecular complexity index is 941. The summed E-state index contributed by atoms with van der Waals surface area (Å²) in [4.78, 5) is 0. The molecule has 2 aromatic carbocycles. The molecule has 0 radical (unpaired) electrons. The highest BCUT2D eigenvalue weighted by atomic mass is 19.4. The average Bonchev–Trinajstić information content (AvgIpc) is 2.62. The van der Waals surface area contributed by atoms with Gasteiger partial charge in [-0.2, -0.15) is 10.2 Å². The molecular weight excluding hydrogens is 420 g/mol. The summed E-state index contributed by atoms with van der Waals surface area (Å²) in [5.41, 5.74) is 7.64. The highest BCUT2D eigenvalue weighted by Gasteiger charge is 2.32. The molecule has 0 amide bonds.